The number of carbonyl (C=O) groups is 1. The van der Waals surface area contributed by atoms with Crippen molar-refractivity contribution >= 4 is 29.5 Å². The molecule has 1 heterocycles. The maximum atomic E-state index is 10.2. The largest absolute Gasteiger partial charge is 0.301 e. The molecule has 0 aliphatic carbocycles. The van der Waals surface area contributed by atoms with Gasteiger partial charge in [-0.1, -0.05) is 12.2 Å². The molecule has 4 heteroatoms. The van der Waals surface area contributed by atoms with Crippen LogP contribution in [0.5, 0.6) is 0 Å². The fraction of sp³-hybridized carbons (Fsp3) is 0. The van der Waals surface area contributed by atoms with E-state index in [-0.39, 0.29) is 10.9 Å². The second-order valence-electron chi connectivity index (χ2n) is 0.983. The van der Waals surface area contributed by atoms with Gasteiger partial charge in [0.15, 0.2) is 11.3 Å². The molecular weight excluding hydrogens is 112 g/mol. The summed E-state index contributed by atoms with van der Waals surface area (Å²) in [6.45, 7) is 0. The molecule has 0 fully saturated rings. The zero-order valence-electron chi connectivity index (χ0n) is 3.26. The summed E-state index contributed by atoms with van der Waals surface area (Å²) in [5, 5.41) is 2.17. The molecule has 0 bridgehead atoms. The first-order valence-electron chi connectivity index (χ1n) is 1.61. The summed E-state index contributed by atoms with van der Waals surface area (Å²) < 4.78 is 0. The summed E-state index contributed by atoms with van der Waals surface area (Å²) >= 11 is 4.40. The van der Waals surface area contributed by atoms with Crippen LogP contribution in [0.4, 0.5) is 0 Å². The van der Waals surface area contributed by atoms with Crippen molar-refractivity contribution in [3.8, 4) is 0 Å². The Kier molecular flexibility index (Phi) is 0.867. The number of amides is 1. The van der Waals surface area contributed by atoms with Crippen molar-refractivity contribution in [1.82, 2.24) is 5.32 Å². The molecule has 0 unspecified atom stereocenters. The molecule has 1 aliphatic heterocycles. The van der Waals surface area contributed by atoms with E-state index in [1.807, 2.05) is 0 Å². The van der Waals surface area contributed by atoms with Gasteiger partial charge in [0, 0.05) is 0 Å². The highest BCUT2D eigenvalue weighted by atomic mass is 32.1. The van der Waals surface area contributed by atoms with Gasteiger partial charge in [-0.15, -0.1) is 0 Å². The zero-order chi connectivity index (χ0) is 5.28. The van der Waals surface area contributed by atoms with Crippen LogP contribution in [0.3, 0.4) is 0 Å². The van der Waals surface area contributed by atoms with E-state index in [1.165, 1.54) is 0 Å². The summed E-state index contributed by atoms with van der Waals surface area (Å²) in [7, 11) is 0. The van der Waals surface area contributed by atoms with Crippen LogP contribution in [-0.2, 0) is 4.79 Å². The number of nitrogens with zero attached hydrogens (tertiary/aromatic N) is 1. The lowest BCUT2D eigenvalue weighted by Crippen LogP contribution is -2.18. The molecule has 0 aromatic rings. The second-order valence-corrected chi connectivity index (χ2v) is 1.37. The predicted octanol–water partition coefficient (Wildman–Crippen LogP) is -0.651. The molecule has 0 saturated heterocycles. The molecule has 7 heavy (non-hydrogen) atoms. The summed E-state index contributed by atoms with van der Waals surface area (Å²) in [5.41, 5.74) is 0. The van der Waals surface area contributed by atoms with Crippen molar-refractivity contribution in [2.24, 2.45) is 4.99 Å². The fourth-order valence-corrected chi connectivity index (χ4v) is 0.330. The van der Waals surface area contributed by atoms with Crippen LogP contribution in [0, 0.1) is 0 Å². The molecular formula is C3HN2OS. The Morgan fingerprint density at radius 3 is 2.71 bits per heavy atom. The number of rotatable bonds is 0. The fourth-order valence-electron chi connectivity index (χ4n) is 0.234. The lowest BCUT2D eigenvalue weighted by molar-refractivity contribution is -0.113. The van der Waals surface area contributed by atoms with Crippen molar-refractivity contribution in [2.45, 2.75) is 0 Å². The van der Waals surface area contributed by atoms with Crippen molar-refractivity contribution in [3.05, 3.63) is 0 Å². The molecule has 0 aromatic carbocycles. The van der Waals surface area contributed by atoms with Gasteiger partial charge in [-0.3, -0.25) is 4.79 Å². The Morgan fingerprint density at radius 1 is 1.86 bits per heavy atom. The zero-order valence-corrected chi connectivity index (χ0v) is 4.08. The molecule has 1 N–H and O–H groups in total. The van der Waals surface area contributed by atoms with E-state index in [0.717, 1.165) is 0 Å². The normalized spacial score (nSPS) is 17.7. The third-order valence-corrected chi connectivity index (χ3v) is 0.798. The Morgan fingerprint density at radius 2 is 2.57 bits per heavy atom. The van der Waals surface area contributed by atoms with Gasteiger partial charge < -0.3 is 5.32 Å². The topological polar surface area (TPSA) is 41.5 Å². The average molecular weight is 113 g/mol. The van der Waals surface area contributed by atoms with Crippen LogP contribution in [-0.4, -0.2) is 17.2 Å². The van der Waals surface area contributed by atoms with Crippen LogP contribution in [0.1, 0.15) is 0 Å². The summed E-state index contributed by atoms with van der Waals surface area (Å²) in [6, 6.07) is 0. The van der Waals surface area contributed by atoms with Gasteiger partial charge in [-0.2, -0.15) is 0 Å². The highest BCUT2D eigenvalue weighted by Crippen LogP contribution is 1.83. The van der Waals surface area contributed by atoms with Gasteiger partial charge in [0.1, 0.15) is 0 Å². The monoisotopic (exact) mass is 113 g/mol. The summed E-state index contributed by atoms with van der Waals surface area (Å²) in [4.78, 5) is 13.6. The third-order valence-electron chi connectivity index (χ3n) is 0.521. The van der Waals surface area contributed by atoms with Crippen LogP contribution >= 0.6 is 12.2 Å². The third kappa shape index (κ3) is 0.640. The molecule has 1 amide bonds. The maximum absolute atomic E-state index is 10.2. The first-order chi connectivity index (χ1) is 3.30. The number of aliphatic imine (C=N–C) groups is 1. The first kappa shape index (κ1) is 4.39. The smallest absolute Gasteiger partial charge is 0.286 e. The van der Waals surface area contributed by atoms with Gasteiger partial charge in [0.2, 0.25) is 0 Å². The molecule has 0 spiro atoms. The van der Waals surface area contributed by atoms with Crippen LogP contribution in [0.15, 0.2) is 4.99 Å². The van der Waals surface area contributed by atoms with E-state index in [1.54, 1.807) is 0 Å². The summed E-state index contributed by atoms with van der Waals surface area (Å²) in [5.74, 6) is -0.338. The van der Waals surface area contributed by atoms with E-state index in [2.05, 4.69) is 28.9 Å². The van der Waals surface area contributed by atoms with Gasteiger partial charge in [0.05, 0.1) is 0 Å². The highest BCUT2D eigenvalue weighted by molar-refractivity contribution is 7.82. The molecule has 0 saturated carbocycles. The Bertz CT molecular complexity index is 151. The van der Waals surface area contributed by atoms with E-state index in [9.17, 15) is 4.79 Å². The minimum absolute atomic E-state index is 0.0556. The minimum Gasteiger partial charge on any atom is -0.301 e. The molecule has 1 radical (unpaired) electrons. The SMILES string of the molecule is O=C1N[C]=NC1=S. The molecule has 0 atom stereocenters. The Labute approximate surface area is 45.4 Å². The van der Waals surface area contributed by atoms with Gasteiger partial charge in [0.25, 0.3) is 5.91 Å². The van der Waals surface area contributed by atoms with Crippen molar-refractivity contribution in [1.29, 1.82) is 0 Å². The van der Waals surface area contributed by atoms with Crippen molar-refractivity contribution in [3.63, 3.8) is 0 Å². The lowest BCUT2D eigenvalue weighted by Gasteiger charge is -1.77. The number of nitrogens with one attached hydrogen (secondary N) is 1. The maximum Gasteiger partial charge on any atom is 0.286 e. The van der Waals surface area contributed by atoms with Crippen LogP contribution in [0.25, 0.3) is 0 Å². The molecule has 1 aliphatic rings. The summed E-state index contributed by atoms with van der Waals surface area (Å²) in [6.07, 6.45) is 2.21. The lowest BCUT2D eigenvalue weighted by atomic mass is 10.6. The number of hydrogen-bond donors (Lipinski definition) is 1. The van der Waals surface area contributed by atoms with E-state index in [0.29, 0.717) is 0 Å². The minimum atomic E-state index is -0.338. The molecule has 0 aromatic heterocycles. The number of thiocarbonyl (C=S) groups is 1. The Hall–Kier alpha value is -0.770. The Balaban J connectivity index is 2.81. The highest BCUT2D eigenvalue weighted by Gasteiger charge is 2.10. The first-order valence-corrected chi connectivity index (χ1v) is 2.01. The van der Waals surface area contributed by atoms with E-state index in [4.69, 9.17) is 0 Å². The molecule has 1 rings (SSSR count). The van der Waals surface area contributed by atoms with Crippen molar-refractivity contribution < 1.29 is 4.79 Å². The molecule has 3 nitrogen and oxygen atoms in total. The van der Waals surface area contributed by atoms with E-state index >= 15 is 0 Å². The van der Waals surface area contributed by atoms with Gasteiger partial charge >= 0.3 is 0 Å². The van der Waals surface area contributed by atoms with E-state index < -0.39 is 0 Å². The standard InChI is InChI=1S/C3HN2OS/c6-2-3(7)5-1-4-2/h(H,4,5,6,7). The quantitative estimate of drug-likeness (QED) is 0.424. The molecule has 35 valence electrons. The van der Waals surface area contributed by atoms with Crippen molar-refractivity contribution in [2.75, 3.05) is 0 Å². The second kappa shape index (κ2) is 1.38. The van der Waals surface area contributed by atoms with Gasteiger partial charge in [-0.05, 0) is 0 Å². The number of carbonyl (C=O) groups excluding carboxylic acids is 1. The number of hydrogen-bond acceptors (Lipinski definition) is 2. The van der Waals surface area contributed by atoms with Crippen LogP contribution in [0.2, 0.25) is 0 Å². The van der Waals surface area contributed by atoms with Crippen LogP contribution < -0.4 is 5.32 Å². The predicted molar refractivity (Wildman–Crippen MR) is 28.2 cm³/mol. The average Bonchev–Trinajstić information content (AvgIpc) is 1.91. The van der Waals surface area contributed by atoms with Gasteiger partial charge in [-0.25, -0.2) is 4.99 Å².